The molecule has 1 saturated heterocycles. The van der Waals surface area contributed by atoms with E-state index in [1.165, 1.54) is 46.2 Å². The number of nitrogens with one attached hydrogen (secondary N) is 1. The van der Waals surface area contributed by atoms with Crippen molar-refractivity contribution in [3.8, 4) is 0 Å². The Kier molecular flexibility index (Phi) is 6.26. The van der Waals surface area contributed by atoms with Gasteiger partial charge in [-0.1, -0.05) is 25.0 Å². The van der Waals surface area contributed by atoms with E-state index in [4.69, 9.17) is 4.74 Å². The molecule has 2 nitrogen and oxygen atoms in total. The number of hydrogen-bond acceptors (Lipinski definition) is 3. The van der Waals surface area contributed by atoms with E-state index in [0.29, 0.717) is 0 Å². The van der Waals surface area contributed by atoms with Crippen LogP contribution in [-0.4, -0.2) is 18.8 Å². The van der Waals surface area contributed by atoms with Crippen LogP contribution in [0.4, 0.5) is 4.39 Å². The van der Waals surface area contributed by atoms with E-state index in [0.717, 1.165) is 39.0 Å². The van der Waals surface area contributed by atoms with Gasteiger partial charge in [0.15, 0.2) is 0 Å². The van der Waals surface area contributed by atoms with E-state index in [2.05, 4.69) is 33.6 Å². The summed E-state index contributed by atoms with van der Waals surface area (Å²) in [4.78, 5) is 1.39. The summed E-state index contributed by atoms with van der Waals surface area (Å²) in [7, 11) is 0. The highest BCUT2D eigenvalue weighted by Gasteiger charge is 2.47. The zero-order valence-electron chi connectivity index (χ0n) is 16.5. The fourth-order valence-corrected chi connectivity index (χ4v) is 6.65. The predicted molar refractivity (Wildman–Crippen MR) is 118 cm³/mol. The second-order valence-corrected chi connectivity index (χ2v) is 10.3. The summed E-state index contributed by atoms with van der Waals surface area (Å²) in [6.45, 7) is 4.85. The quantitative estimate of drug-likeness (QED) is 0.491. The van der Waals surface area contributed by atoms with Crippen molar-refractivity contribution in [2.24, 2.45) is 0 Å². The minimum Gasteiger partial charge on any atom is -0.375 e. The topological polar surface area (TPSA) is 21.3 Å². The maximum absolute atomic E-state index is 13.6. The third-order valence-corrected chi connectivity index (χ3v) is 8.98. The van der Waals surface area contributed by atoms with E-state index in [-0.39, 0.29) is 16.8 Å². The largest absolute Gasteiger partial charge is 0.375 e. The molecule has 152 valence electrons. The summed E-state index contributed by atoms with van der Waals surface area (Å²) in [6.07, 6.45) is 8.03. The third kappa shape index (κ3) is 4.23. The molecule has 1 aromatic carbocycles. The van der Waals surface area contributed by atoms with Gasteiger partial charge in [0.05, 0.1) is 5.60 Å². The van der Waals surface area contributed by atoms with Gasteiger partial charge >= 0.3 is 0 Å². The maximum atomic E-state index is 13.6. The molecule has 0 amide bonds. The summed E-state index contributed by atoms with van der Waals surface area (Å²) in [5, 5.41) is 5.82. The molecule has 1 aromatic heterocycles. The molecular formula is C23H29BrFNOS. The summed E-state index contributed by atoms with van der Waals surface area (Å²) in [6, 6.07) is 7.25. The Morgan fingerprint density at radius 1 is 1.18 bits per heavy atom. The average Bonchev–Trinajstić information content (AvgIpc) is 3.27. The molecule has 1 spiro atoms. The van der Waals surface area contributed by atoms with Gasteiger partial charge in [0.25, 0.3) is 0 Å². The molecule has 28 heavy (non-hydrogen) atoms. The Morgan fingerprint density at radius 2 is 1.93 bits per heavy atom. The summed E-state index contributed by atoms with van der Waals surface area (Å²) >= 11 is 5.41. The highest BCUT2D eigenvalue weighted by molar-refractivity contribution is 9.10. The molecule has 4 rings (SSSR count). The molecular weight excluding hydrogens is 437 g/mol. The molecule has 0 radical (unpaired) electrons. The Morgan fingerprint density at radius 3 is 2.61 bits per heavy atom. The van der Waals surface area contributed by atoms with Crippen molar-refractivity contribution in [1.82, 2.24) is 5.32 Å². The van der Waals surface area contributed by atoms with Gasteiger partial charge in [0, 0.05) is 33.3 Å². The van der Waals surface area contributed by atoms with Crippen LogP contribution in [0.25, 0.3) is 0 Å². The van der Waals surface area contributed by atoms with Crippen LogP contribution in [0.2, 0.25) is 0 Å². The van der Waals surface area contributed by atoms with E-state index >= 15 is 0 Å². The molecule has 1 saturated carbocycles. The van der Waals surface area contributed by atoms with Crippen molar-refractivity contribution in [3.63, 3.8) is 0 Å². The van der Waals surface area contributed by atoms with E-state index in [1.54, 1.807) is 23.5 Å². The number of rotatable bonds is 6. The van der Waals surface area contributed by atoms with Gasteiger partial charge in [-0.25, -0.2) is 4.39 Å². The predicted octanol–water partition coefficient (Wildman–Crippen LogP) is 6.50. The Bertz CT molecular complexity index is 799. The first-order valence-electron chi connectivity index (χ1n) is 10.4. The minimum absolute atomic E-state index is 0.0435. The molecule has 5 heteroatoms. The zero-order valence-corrected chi connectivity index (χ0v) is 18.9. The van der Waals surface area contributed by atoms with Gasteiger partial charge in [-0.3, -0.25) is 0 Å². The molecule has 2 heterocycles. The number of halogens is 2. The number of hydrogen-bond donors (Lipinski definition) is 1. The molecule has 2 fully saturated rings. The SMILES string of the molecule is Cc1c(Br)csc1CNCC[C@@]1(c2ccc(F)cc2)CCOC2(CCCC2)C1. The fraction of sp³-hybridized carbons (Fsp3) is 0.565. The van der Waals surface area contributed by atoms with Crippen molar-refractivity contribution >= 4 is 27.3 Å². The summed E-state index contributed by atoms with van der Waals surface area (Å²) < 4.78 is 21.1. The van der Waals surface area contributed by atoms with Crippen molar-refractivity contribution in [2.45, 2.75) is 69.4 Å². The second kappa shape index (κ2) is 8.55. The molecule has 1 atom stereocenters. The monoisotopic (exact) mass is 465 g/mol. The molecule has 2 aromatic rings. The van der Waals surface area contributed by atoms with Crippen LogP contribution in [0.5, 0.6) is 0 Å². The van der Waals surface area contributed by atoms with Gasteiger partial charge < -0.3 is 10.1 Å². The zero-order chi connectivity index (χ0) is 19.6. The van der Waals surface area contributed by atoms with Gasteiger partial charge in [-0.2, -0.15) is 0 Å². The standard InChI is InChI=1S/C23H29BrFNOS/c1-17-20(24)15-28-21(17)14-26-12-10-22(18-4-6-19(25)7-5-18)11-13-27-23(16-22)8-2-3-9-23/h4-7,15,26H,2-3,8-14,16H2,1H3/t22-/m1/s1. The maximum Gasteiger partial charge on any atom is 0.123 e. The Hall–Kier alpha value is -0.750. The van der Waals surface area contributed by atoms with Crippen molar-refractivity contribution in [3.05, 3.63) is 55.9 Å². The molecule has 1 aliphatic heterocycles. The van der Waals surface area contributed by atoms with Crippen LogP contribution in [0.1, 0.15) is 60.9 Å². The normalized spacial score (nSPS) is 24.1. The van der Waals surface area contributed by atoms with E-state index in [9.17, 15) is 4.39 Å². The summed E-state index contributed by atoms with van der Waals surface area (Å²) in [5.74, 6) is -0.154. The number of thiophene rings is 1. The molecule has 0 bridgehead atoms. The highest BCUT2D eigenvalue weighted by atomic mass is 79.9. The van der Waals surface area contributed by atoms with Crippen LogP contribution < -0.4 is 5.32 Å². The smallest absolute Gasteiger partial charge is 0.123 e. The van der Waals surface area contributed by atoms with Crippen LogP contribution in [0.3, 0.4) is 0 Å². The lowest BCUT2D eigenvalue weighted by Crippen LogP contribution is -2.47. The lowest BCUT2D eigenvalue weighted by atomic mass is 9.66. The van der Waals surface area contributed by atoms with Gasteiger partial charge in [0.2, 0.25) is 0 Å². The molecule has 2 aliphatic rings. The van der Waals surface area contributed by atoms with Crippen LogP contribution in [-0.2, 0) is 16.7 Å². The molecule has 1 N–H and O–H groups in total. The van der Waals surface area contributed by atoms with Crippen molar-refractivity contribution in [2.75, 3.05) is 13.2 Å². The van der Waals surface area contributed by atoms with Gasteiger partial charge in [-0.05, 0) is 84.8 Å². The number of ether oxygens (including phenoxy) is 1. The van der Waals surface area contributed by atoms with Gasteiger partial charge in [0.1, 0.15) is 5.82 Å². The van der Waals surface area contributed by atoms with E-state index < -0.39 is 0 Å². The van der Waals surface area contributed by atoms with Crippen LogP contribution in [0, 0.1) is 12.7 Å². The van der Waals surface area contributed by atoms with Crippen molar-refractivity contribution < 1.29 is 9.13 Å². The lowest BCUT2D eigenvalue weighted by molar-refractivity contribution is -0.103. The summed E-state index contributed by atoms with van der Waals surface area (Å²) in [5.41, 5.74) is 2.73. The Balaban J connectivity index is 1.48. The van der Waals surface area contributed by atoms with Crippen LogP contribution in [0.15, 0.2) is 34.1 Å². The average molecular weight is 466 g/mol. The minimum atomic E-state index is -0.154. The Labute approximate surface area is 180 Å². The van der Waals surface area contributed by atoms with Crippen molar-refractivity contribution in [1.29, 1.82) is 0 Å². The first-order valence-corrected chi connectivity index (χ1v) is 12.0. The third-order valence-electron chi connectivity index (χ3n) is 6.77. The highest BCUT2D eigenvalue weighted by Crippen LogP contribution is 2.50. The van der Waals surface area contributed by atoms with Crippen LogP contribution >= 0.6 is 27.3 Å². The van der Waals surface area contributed by atoms with Gasteiger partial charge in [-0.15, -0.1) is 11.3 Å². The first kappa shape index (κ1) is 20.5. The first-order chi connectivity index (χ1) is 13.5. The number of benzene rings is 1. The van der Waals surface area contributed by atoms with E-state index in [1.807, 2.05) is 12.1 Å². The second-order valence-electron chi connectivity index (χ2n) is 8.51. The lowest BCUT2D eigenvalue weighted by Gasteiger charge is -2.47. The molecule has 1 aliphatic carbocycles. The fourth-order valence-electron chi connectivity index (χ4n) is 5.10. The molecule has 0 unspecified atom stereocenters.